The van der Waals surface area contributed by atoms with E-state index < -0.39 is 0 Å². The van der Waals surface area contributed by atoms with Crippen molar-refractivity contribution in [1.29, 1.82) is 0 Å². The molecule has 0 spiro atoms. The van der Waals surface area contributed by atoms with E-state index in [9.17, 15) is 0 Å². The Morgan fingerprint density at radius 2 is 0.843 bits per heavy atom. The minimum absolute atomic E-state index is 0.590. The summed E-state index contributed by atoms with van der Waals surface area (Å²) in [6.07, 6.45) is 21.8. The Kier molecular flexibility index (Phi) is 17.5. The largest absolute Gasteiger partial charge is 0.489 e. The highest BCUT2D eigenvalue weighted by molar-refractivity contribution is 7.19. The number of ether oxygens (including phenoxy) is 2. The van der Waals surface area contributed by atoms with Gasteiger partial charge in [0.05, 0.1) is 24.3 Å². The second-order valence-corrected chi connectivity index (χ2v) is 21.2. The van der Waals surface area contributed by atoms with Crippen molar-refractivity contribution in [2.75, 3.05) is 13.2 Å². The van der Waals surface area contributed by atoms with Gasteiger partial charge in [-0.15, -0.1) is 22.7 Å². The number of aromatic nitrogens is 3. The predicted molar refractivity (Wildman–Crippen MR) is 299 cm³/mol. The second kappa shape index (κ2) is 24.9. The van der Waals surface area contributed by atoms with Crippen molar-refractivity contribution in [3.05, 3.63) is 121 Å². The van der Waals surface area contributed by atoms with Crippen LogP contribution in [0.1, 0.15) is 136 Å². The predicted octanol–water partition coefficient (Wildman–Crippen LogP) is 19.6. The number of hydrogen-bond donors (Lipinski definition) is 0. The molecule has 5 aromatic carbocycles. The molecule has 0 bridgehead atoms. The fourth-order valence-electron chi connectivity index (χ4n) is 10.0. The molecule has 0 aliphatic heterocycles. The quantitative estimate of drug-likeness (QED) is 0.0458. The minimum Gasteiger partial charge on any atom is -0.489 e. The highest BCUT2D eigenvalue weighted by Gasteiger charge is 2.30. The summed E-state index contributed by atoms with van der Waals surface area (Å²) in [5, 5.41) is 12.0. The molecule has 6 nitrogen and oxygen atoms in total. The SMILES string of the molecule is CCCCCCCCOc1c(OCCCCCCCC)c(-c2ccc(-c3ccc4c5ccc(-c6ccccc6)cc5n(CCCCCCCC)c4c3)s2)c2nonc2c1-c1ccc(-c2ccccc2)s1. The van der Waals surface area contributed by atoms with E-state index in [0.29, 0.717) is 24.2 Å². The lowest BCUT2D eigenvalue weighted by molar-refractivity contribution is 0.260. The number of unbranched alkanes of at least 4 members (excludes halogenated alkanes) is 15. The Labute approximate surface area is 424 Å². The first-order valence-corrected chi connectivity index (χ1v) is 28.3. The molecule has 0 radical (unpaired) electrons. The summed E-state index contributed by atoms with van der Waals surface area (Å²) in [5.41, 5.74) is 10.7. The first kappa shape index (κ1) is 49.3. The summed E-state index contributed by atoms with van der Waals surface area (Å²) in [6, 6.07) is 44.4. The van der Waals surface area contributed by atoms with E-state index in [1.165, 1.54) is 137 Å². The molecule has 0 aliphatic carbocycles. The van der Waals surface area contributed by atoms with Crippen LogP contribution >= 0.6 is 22.7 Å². The van der Waals surface area contributed by atoms with Crippen LogP contribution in [-0.2, 0) is 6.54 Å². The molecule has 9 rings (SSSR count). The molecule has 0 atom stereocenters. The molecule has 0 aliphatic rings. The van der Waals surface area contributed by atoms with Gasteiger partial charge in [0.1, 0.15) is 11.0 Å². The van der Waals surface area contributed by atoms with Crippen LogP contribution in [0.5, 0.6) is 11.5 Å². The third-order valence-electron chi connectivity index (χ3n) is 13.9. The Balaban J connectivity index is 1.12. The number of fused-ring (bicyclic) bond motifs is 4. The Morgan fingerprint density at radius 3 is 1.37 bits per heavy atom. The zero-order chi connectivity index (χ0) is 47.9. The topological polar surface area (TPSA) is 62.3 Å². The molecule has 8 heteroatoms. The first-order chi connectivity index (χ1) is 34.7. The van der Waals surface area contributed by atoms with Gasteiger partial charge in [-0.1, -0.05) is 202 Å². The van der Waals surface area contributed by atoms with E-state index >= 15 is 0 Å². The van der Waals surface area contributed by atoms with Gasteiger partial charge >= 0.3 is 0 Å². The van der Waals surface area contributed by atoms with Crippen LogP contribution < -0.4 is 9.47 Å². The third-order valence-corrected chi connectivity index (χ3v) is 16.2. The van der Waals surface area contributed by atoms with E-state index in [1.54, 1.807) is 22.7 Å². The van der Waals surface area contributed by atoms with E-state index in [2.05, 4.69) is 152 Å². The Morgan fingerprint density at radius 1 is 0.414 bits per heavy atom. The molecular formula is C62H71N3O3S2. The van der Waals surface area contributed by atoms with Crippen LogP contribution in [-0.4, -0.2) is 28.1 Å². The lowest BCUT2D eigenvalue weighted by Crippen LogP contribution is -2.06. The van der Waals surface area contributed by atoms with Crippen LogP contribution in [0.25, 0.3) is 85.7 Å². The standard InChI is InChI=1S/C62H71N3O3S2/c1-4-7-10-13-16-25-40-65-51-43-47(45-28-21-19-22-29-45)32-34-49(51)50-35-33-48(44-52(50)65)54-37-39-56(70-54)58-60-59(63-68-64-60)57(55-38-36-53(69-55)46-30-23-20-24-31-46)61(66-41-26-17-14-11-8-5-2)62(58)67-42-27-18-15-12-9-6-3/h19-24,28-39,43-44H,4-18,25-27,40-42H2,1-3H3. The van der Waals surface area contributed by atoms with Crippen LogP contribution in [0, 0.1) is 0 Å². The smallest absolute Gasteiger partial charge is 0.172 e. The van der Waals surface area contributed by atoms with E-state index in [4.69, 9.17) is 19.3 Å². The van der Waals surface area contributed by atoms with Gasteiger partial charge in [0.25, 0.3) is 0 Å². The van der Waals surface area contributed by atoms with Gasteiger partial charge in [0.2, 0.25) is 0 Å². The summed E-state index contributed by atoms with van der Waals surface area (Å²) < 4.78 is 22.4. The summed E-state index contributed by atoms with van der Waals surface area (Å²) in [4.78, 5) is 4.49. The van der Waals surface area contributed by atoms with Crippen molar-refractivity contribution in [2.45, 2.75) is 143 Å². The van der Waals surface area contributed by atoms with Gasteiger partial charge in [0.15, 0.2) is 11.5 Å². The number of aryl methyl sites for hydroxylation is 1. The molecule has 0 saturated carbocycles. The highest BCUT2D eigenvalue weighted by atomic mass is 32.1. The van der Waals surface area contributed by atoms with Gasteiger partial charge in [-0.2, -0.15) is 0 Å². The van der Waals surface area contributed by atoms with E-state index in [-0.39, 0.29) is 0 Å². The maximum absolute atomic E-state index is 7.08. The van der Waals surface area contributed by atoms with Gasteiger partial charge in [0, 0.05) is 47.9 Å². The molecule has 0 unspecified atom stereocenters. The van der Waals surface area contributed by atoms with Crippen molar-refractivity contribution < 1.29 is 14.1 Å². The van der Waals surface area contributed by atoms with E-state index in [1.807, 2.05) is 0 Å². The third kappa shape index (κ3) is 11.6. The molecule has 0 saturated heterocycles. The molecule has 0 N–H and O–H groups in total. The Hall–Kier alpha value is -5.70. The molecule has 0 amide bonds. The fraction of sp³-hybridized carbons (Fsp3) is 0.387. The Bertz CT molecular complexity index is 3030. The minimum atomic E-state index is 0.590. The number of rotatable bonds is 28. The fourth-order valence-corrected chi connectivity index (χ4v) is 12.1. The lowest BCUT2D eigenvalue weighted by Gasteiger charge is -2.19. The molecule has 4 heterocycles. The second-order valence-electron chi connectivity index (χ2n) is 19.0. The van der Waals surface area contributed by atoms with Gasteiger partial charge in [-0.25, -0.2) is 4.63 Å². The summed E-state index contributed by atoms with van der Waals surface area (Å²) in [6.45, 7) is 9.00. The van der Waals surface area contributed by atoms with Gasteiger partial charge in [-0.3, -0.25) is 0 Å². The van der Waals surface area contributed by atoms with Crippen LogP contribution in [0.2, 0.25) is 0 Å². The van der Waals surface area contributed by atoms with Crippen LogP contribution in [0.4, 0.5) is 0 Å². The molecular weight excluding hydrogens is 899 g/mol. The zero-order valence-corrected chi connectivity index (χ0v) is 43.4. The average Bonchev–Trinajstić information content (AvgIpc) is 4.24. The maximum atomic E-state index is 7.08. The molecule has 9 aromatic rings. The van der Waals surface area contributed by atoms with Crippen molar-refractivity contribution >= 4 is 55.5 Å². The molecule has 0 fully saturated rings. The van der Waals surface area contributed by atoms with Crippen molar-refractivity contribution in [2.24, 2.45) is 0 Å². The summed E-state index contributed by atoms with van der Waals surface area (Å²) in [7, 11) is 0. The number of benzene rings is 5. The zero-order valence-electron chi connectivity index (χ0n) is 41.8. The molecule has 70 heavy (non-hydrogen) atoms. The summed E-state index contributed by atoms with van der Waals surface area (Å²) in [5.74, 6) is 1.48. The molecule has 4 aromatic heterocycles. The van der Waals surface area contributed by atoms with Gasteiger partial charge < -0.3 is 14.0 Å². The summed E-state index contributed by atoms with van der Waals surface area (Å²) >= 11 is 3.52. The highest BCUT2D eigenvalue weighted by Crippen LogP contribution is 2.54. The van der Waals surface area contributed by atoms with Crippen LogP contribution in [0.3, 0.4) is 0 Å². The average molecular weight is 970 g/mol. The lowest BCUT2D eigenvalue weighted by atomic mass is 10.0. The van der Waals surface area contributed by atoms with Crippen LogP contribution in [0.15, 0.2) is 126 Å². The monoisotopic (exact) mass is 969 g/mol. The van der Waals surface area contributed by atoms with Crippen molar-refractivity contribution in [3.8, 4) is 64.4 Å². The van der Waals surface area contributed by atoms with Crippen molar-refractivity contribution in [3.63, 3.8) is 0 Å². The van der Waals surface area contributed by atoms with Gasteiger partial charge in [-0.05, 0) is 88.2 Å². The normalized spacial score (nSPS) is 11.7. The van der Waals surface area contributed by atoms with Crippen molar-refractivity contribution in [1.82, 2.24) is 14.9 Å². The first-order valence-electron chi connectivity index (χ1n) is 26.6. The number of nitrogens with zero attached hydrogens (tertiary/aromatic N) is 3. The van der Waals surface area contributed by atoms with E-state index in [0.717, 1.165) is 71.0 Å². The maximum Gasteiger partial charge on any atom is 0.172 e. The number of thiophene rings is 2. The number of hydrogen-bond acceptors (Lipinski definition) is 7. The molecule has 364 valence electrons.